The lowest BCUT2D eigenvalue weighted by atomic mass is 10.2. The third-order valence-electron chi connectivity index (χ3n) is 4.04. The lowest BCUT2D eigenvalue weighted by Gasteiger charge is -2.09. The van der Waals surface area contributed by atoms with Crippen LogP contribution in [0, 0.1) is 0 Å². The van der Waals surface area contributed by atoms with Gasteiger partial charge < -0.3 is 25.7 Å². The van der Waals surface area contributed by atoms with Gasteiger partial charge in [-0.15, -0.1) is 0 Å². The van der Waals surface area contributed by atoms with Gasteiger partial charge in [0.05, 0.1) is 13.4 Å². The molecule has 0 atom stereocenters. The van der Waals surface area contributed by atoms with E-state index in [0.29, 0.717) is 22.7 Å². The molecule has 0 radical (unpaired) electrons. The van der Waals surface area contributed by atoms with Crippen LogP contribution in [0.5, 0.6) is 5.75 Å². The molecule has 3 amide bonds. The van der Waals surface area contributed by atoms with Gasteiger partial charge in [-0.25, -0.2) is 4.98 Å². The molecule has 148 valence electrons. The smallest absolute Gasteiger partial charge is 0.274 e. The first kappa shape index (κ1) is 19.6. The van der Waals surface area contributed by atoms with Crippen molar-refractivity contribution in [3.63, 3.8) is 0 Å². The normalized spacial score (nSPS) is 10.1. The Morgan fingerprint density at radius 2 is 1.59 bits per heavy atom. The van der Waals surface area contributed by atoms with Crippen LogP contribution >= 0.6 is 0 Å². The Bertz CT molecular complexity index is 1040. The first-order chi connectivity index (χ1) is 14.0. The molecule has 0 saturated heterocycles. The van der Waals surface area contributed by atoms with Gasteiger partial charge >= 0.3 is 0 Å². The maximum Gasteiger partial charge on any atom is 0.274 e. The number of carbonyl (C=O) groups is 3. The lowest BCUT2D eigenvalue weighted by Crippen LogP contribution is -2.23. The highest BCUT2D eigenvalue weighted by Gasteiger charge is 2.19. The fourth-order valence-corrected chi connectivity index (χ4v) is 2.56. The molecule has 0 spiro atoms. The molecular weight excluding hydrogens is 374 g/mol. The standard InChI is InChI=1S/C20H19N5O4/c1-21-19(27)16-17(23-11-22-16)20(28)25-14-8-6-13(7-9-14)24-18(26)12-4-3-5-15(10-12)29-2/h3-11H,1-2H3,(H,21,27)(H,22,23)(H,24,26)(H,25,28). The van der Waals surface area contributed by atoms with Gasteiger partial charge in [0.25, 0.3) is 17.7 Å². The molecule has 2 aromatic carbocycles. The van der Waals surface area contributed by atoms with Gasteiger partial charge in [-0.2, -0.15) is 0 Å². The summed E-state index contributed by atoms with van der Waals surface area (Å²) in [6.07, 6.45) is 1.27. The average molecular weight is 393 g/mol. The van der Waals surface area contributed by atoms with Crippen molar-refractivity contribution in [3.05, 3.63) is 71.8 Å². The van der Waals surface area contributed by atoms with Crippen LogP contribution in [0.4, 0.5) is 11.4 Å². The topological polar surface area (TPSA) is 125 Å². The number of hydrogen-bond acceptors (Lipinski definition) is 5. The van der Waals surface area contributed by atoms with E-state index in [4.69, 9.17) is 4.74 Å². The van der Waals surface area contributed by atoms with E-state index in [1.807, 2.05) is 0 Å². The number of carbonyl (C=O) groups excluding carboxylic acids is 3. The van der Waals surface area contributed by atoms with Crippen LogP contribution < -0.4 is 20.7 Å². The molecular formula is C20H19N5O4. The number of rotatable bonds is 6. The van der Waals surface area contributed by atoms with E-state index in [2.05, 4.69) is 25.9 Å². The molecule has 0 unspecified atom stereocenters. The zero-order valence-electron chi connectivity index (χ0n) is 15.8. The lowest BCUT2D eigenvalue weighted by molar-refractivity contribution is 0.0943. The molecule has 0 saturated carbocycles. The number of imidazole rings is 1. The van der Waals surface area contributed by atoms with Gasteiger partial charge in [0.2, 0.25) is 0 Å². The quantitative estimate of drug-likeness (QED) is 0.511. The Labute approximate surface area is 166 Å². The van der Waals surface area contributed by atoms with Crippen molar-refractivity contribution >= 4 is 29.1 Å². The Balaban J connectivity index is 1.66. The molecule has 0 bridgehead atoms. The van der Waals surface area contributed by atoms with Gasteiger partial charge in [-0.3, -0.25) is 14.4 Å². The largest absolute Gasteiger partial charge is 0.497 e. The number of amides is 3. The fraction of sp³-hybridized carbons (Fsp3) is 0.100. The zero-order chi connectivity index (χ0) is 20.8. The molecule has 4 N–H and O–H groups in total. The molecule has 0 aliphatic heterocycles. The highest BCUT2D eigenvalue weighted by Crippen LogP contribution is 2.18. The van der Waals surface area contributed by atoms with Gasteiger partial charge in [0.15, 0.2) is 5.69 Å². The van der Waals surface area contributed by atoms with E-state index in [1.54, 1.807) is 48.5 Å². The summed E-state index contributed by atoms with van der Waals surface area (Å²) in [5.41, 5.74) is 1.57. The van der Waals surface area contributed by atoms with Crippen molar-refractivity contribution in [2.24, 2.45) is 0 Å². The van der Waals surface area contributed by atoms with Crippen LogP contribution in [-0.2, 0) is 0 Å². The number of nitrogens with zero attached hydrogens (tertiary/aromatic N) is 1. The molecule has 3 aromatic rings. The average Bonchev–Trinajstić information content (AvgIpc) is 3.24. The second-order valence-electron chi connectivity index (χ2n) is 5.92. The maximum atomic E-state index is 12.4. The van der Waals surface area contributed by atoms with Crippen molar-refractivity contribution < 1.29 is 19.1 Å². The summed E-state index contributed by atoms with van der Waals surface area (Å²) in [7, 11) is 2.99. The van der Waals surface area contributed by atoms with Crippen LogP contribution in [0.3, 0.4) is 0 Å². The Hall–Kier alpha value is -4.14. The highest BCUT2D eigenvalue weighted by molar-refractivity contribution is 6.10. The first-order valence-electron chi connectivity index (χ1n) is 8.64. The molecule has 1 aromatic heterocycles. The Morgan fingerprint density at radius 3 is 2.21 bits per heavy atom. The molecule has 9 nitrogen and oxygen atoms in total. The molecule has 0 aliphatic carbocycles. The zero-order valence-corrected chi connectivity index (χ0v) is 15.8. The van der Waals surface area contributed by atoms with E-state index in [9.17, 15) is 14.4 Å². The summed E-state index contributed by atoms with van der Waals surface area (Å²) in [6, 6.07) is 13.4. The molecule has 1 heterocycles. The first-order valence-corrected chi connectivity index (χ1v) is 8.64. The monoisotopic (exact) mass is 393 g/mol. The van der Waals surface area contributed by atoms with Gasteiger partial charge in [-0.05, 0) is 42.5 Å². The van der Waals surface area contributed by atoms with Crippen LogP contribution in [0.15, 0.2) is 54.9 Å². The number of aromatic amines is 1. The second-order valence-corrected chi connectivity index (χ2v) is 5.92. The number of benzene rings is 2. The summed E-state index contributed by atoms with van der Waals surface area (Å²) in [5.74, 6) is -0.666. The predicted octanol–water partition coefficient (Wildman–Crippen LogP) is 2.28. The van der Waals surface area contributed by atoms with Gasteiger partial charge in [-0.1, -0.05) is 6.07 Å². The summed E-state index contributed by atoms with van der Waals surface area (Å²) in [5, 5.41) is 7.87. The van der Waals surface area contributed by atoms with Crippen molar-refractivity contribution in [1.82, 2.24) is 15.3 Å². The number of aromatic nitrogens is 2. The van der Waals surface area contributed by atoms with E-state index in [-0.39, 0.29) is 17.3 Å². The van der Waals surface area contributed by atoms with Crippen molar-refractivity contribution in [1.29, 1.82) is 0 Å². The van der Waals surface area contributed by atoms with E-state index in [1.165, 1.54) is 20.5 Å². The minimum Gasteiger partial charge on any atom is -0.497 e. The van der Waals surface area contributed by atoms with Crippen molar-refractivity contribution in [2.45, 2.75) is 0 Å². The van der Waals surface area contributed by atoms with Crippen LogP contribution in [-0.4, -0.2) is 41.8 Å². The minimum absolute atomic E-state index is 0.00664. The number of anilines is 2. The third-order valence-corrected chi connectivity index (χ3v) is 4.04. The van der Waals surface area contributed by atoms with Crippen LogP contribution in [0.25, 0.3) is 0 Å². The number of nitrogens with one attached hydrogen (secondary N) is 4. The number of hydrogen-bond donors (Lipinski definition) is 4. The van der Waals surface area contributed by atoms with E-state index < -0.39 is 11.8 Å². The van der Waals surface area contributed by atoms with E-state index in [0.717, 1.165) is 0 Å². The fourth-order valence-electron chi connectivity index (χ4n) is 2.56. The summed E-state index contributed by atoms with van der Waals surface area (Å²) in [4.78, 5) is 43.0. The third kappa shape index (κ3) is 4.59. The molecule has 29 heavy (non-hydrogen) atoms. The predicted molar refractivity (Wildman–Crippen MR) is 107 cm³/mol. The highest BCUT2D eigenvalue weighted by atomic mass is 16.5. The number of ether oxygens (including phenoxy) is 1. The van der Waals surface area contributed by atoms with E-state index >= 15 is 0 Å². The second kappa shape index (κ2) is 8.70. The number of H-pyrrole nitrogens is 1. The van der Waals surface area contributed by atoms with Crippen LogP contribution in [0.1, 0.15) is 31.3 Å². The summed E-state index contributed by atoms with van der Waals surface area (Å²) >= 11 is 0. The Kier molecular flexibility index (Phi) is 5.88. The molecule has 3 rings (SSSR count). The van der Waals surface area contributed by atoms with Crippen molar-refractivity contribution in [2.75, 3.05) is 24.8 Å². The molecule has 0 fully saturated rings. The maximum absolute atomic E-state index is 12.4. The van der Waals surface area contributed by atoms with Crippen LogP contribution in [0.2, 0.25) is 0 Å². The number of methoxy groups -OCH3 is 1. The van der Waals surface area contributed by atoms with Gasteiger partial charge in [0, 0.05) is 24.0 Å². The molecule has 0 aliphatic rings. The summed E-state index contributed by atoms with van der Waals surface area (Å²) in [6.45, 7) is 0. The molecule has 9 heteroatoms. The SMILES string of the molecule is CNC(=O)c1nc[nH]c1C(=O)Nc1ccc(NC(=O)c2cccc(OC)c2)cc1. The summed E-state index contributed by atoms with van der Waals surface area (Å²) < 4.78 is 5.12. The van der Waals surface area contributed by atoms with Crippen molar-refractivity contribution in [3.8, 4) is 5.75 Å². The minimum atomic E-state index is -0.505. The Morgan fingerprint density at radius 1 is 0.931 bits per heavy atom. The van der Waals surface area contributed by atoms with Gasteiger partial charge in [0.1, 0.15) is 11.4 Å².